The highest BCUT2D eigenvalue weighted by molar-refractivity contribution is 6.42. The van der Waals surface area contributed by atoms with E-state index in [1.165, 1.54) is 23.9 Å². The van der Waals surface area contributed by atoms with Crippen LogP contribution in [-0.2, 0) is 0 Å². The highest BCUT2D eigenvalue weighted by Gasteiger charge is 2.19. The van der Waals surface area contributed by atoms with E-state index in [4.69, 9.17) is 27.9 Å². The van der Waals surface area contributed by atoms with Crippen LogP contribution in [-0.4, -0.2) is 22.8 Å². The molecule has 0 aliphatic heterocycles. The molecule has 1 N–H and O–H groups in total. The maximum absolute atomic E-state index is 12.7. The smallest absolute Gasteiger partial charge is 0.280 e. The number of methoxy groups -OCH3 is 1. The van der Waals surface area contributed by atoms with Crippen LogP contribution >= 0.6 is 23.2 Å². The van der Waals surface area contributed by atoms with Crippen molar-refractivity contribution in [2.45, 2.75) is 6.92 Å². The van der Waals surface area contributed by atoms with Gasteiger partial charge in [-0.05, 0) is 36.8 Å². The number of hydrogen-bond acceptors (Lipinski definition) is 4. The van der Waals surface area contributed by atoms with Crippen LogP contribution < -0.4 is 15.6 Å². The van der Waals surface area contributed by atoms with Gasteiger partial charge in [-0.25, -0.2) is 0 Å². The Bertz CT molecular complexity index is 1080. The lowest BCUT2D eigenvalue weighted by Gasteiger charge is -2.13. The van der Waals surface area contributed by atoms with E-state index in [9.17, 15) is 9.59 Å². The maximum Gasteiger partial charge on any atom is 0.280 e. The summed E-state index contributed by atoms with van der Waals surface area (Å²) in [6, 6.07) is 13.2. The van der Waals surface area contributed by atoms with Crippen LogP contribution in [0.5, 0.6) is 5.75 Å². The molecule has 27 heavy (non-hydrogen) atoms. The number of nitrogens with one attached hydrogen (secondary N) is 1. The number of benzene rings is 2. The molecule has 0 aliphatic carbocycles. The highest BCUT2D eigenvalue weighted by atomic mass is 35.5. The molecule has 0 saturated heterocycles. The zero-order valence-electron chi connectivity index (χ0n) is 14.5. The molecule has 0 atom stereocenters. The Labute approximate surface area is 165 Å². The Hall–Kier alpha value is -2.83. The molecule has 0 unspecified atom stereocenters. The van der Waals surface area contributed by atoms with Gasteiger partial charge in [0, 0.05) is 5.69 Å². The second kappa shape index (κ2) is 7.82. The van der Waals surface area contributed by atoms with E-state index < -0.39 is 11.5 Å². The number of amides is 1. The van der Waals surface area contributed by atoms with Gasteiger partial charge in [-0.1, -0.05) is 41.4 Å². The molecule has 1 amide bonds. The SMILES string of the molecule is COc1cc(=O)n(-c2ccccc2C)nc1C(=O)Nc1ccc(Cl)c(Cl)c1. The summed E-state index contributed by atoms with van der Waals surface area (Å²) < 4.78 is 6.33. The van der Waals surface area contributed by atoms with Crippen molar-refractivity contribution in [3.63, 3.8) is 0 Å². The first-order valence-electron chi connectivity index (χ1n) is 7.91. The predicted octanol–water partition coefficient (Wildman–Crippen LogP) is 4.11. The third-order valence-electron chi connectivity index (χ3n) is 3.85. The zero-order valence-corrected chi connectivity index (χ0v) is 16.0. The summed E-state index contributed by atoms with van der Waals surface area (Å²) >= 11 is 11.9. The van der Waals surface area contributed by atoms with E-state index in [0.29, 0.717) is 21.4 Å². The summed E-state index contributed by atoms with van der Waals surface area (Å²) in [5.74, 6) is -0.477. The molecule has 0 saturated carbocycles. The fourth-order valence-corrected chi connectivity index (χ4v) is 2.79. The van der Waals surface area contributed by atoms with Gasteiger partial charge in [0.05, 0.1) is 28.9 Å². The molecule has 0 bridgehead atoms. The molecule has 1 heterocycles. The van der Waals surface area contributed by atoms with Gasteiger partial charge in [0.15, 0.2) is 11.4 Å². The molecule has 3 aromatic rings. The number of ether oxygens (including phenoxy) is 1. The van der Waals surface area contributed by atoms with Crippen LogP contribution in [0.1, 0.15) is 16.1 Å². The van der Waals surface area contributed by atoms with Crippen LogP contribution in [0.4, 0.5) is 5.69 Å². The number of aromatic nitrogens is 2. The van der Waals surface area contributed by atoms with Gasteiger partial charge < -0.3 is 10.1 Å². The molecule has 3 rings (SSSR count). The molecule has 0 spiro atoms. The Morgan fingerprint density at radius 2 is 1.85 bits per heavy atom. The lowest BCUT2D eigenvalue weighted by Crippen LogP contribution is -2.26. The Kier molecular flexibility index (Phi) is 5.48. The van der Waals surface area contributed by atoms with Gasteiger partial charge >= 0.3 is 0 Å². The summed E-state index contributed by atoms with van der Waals surface area (Å²) in [5.41, 5.74) is 1.41. The van der Waals surface area contributed by atoms with Crippen LogP contribution in [0.15, 0.2) is 53.3 Å². The molecule has 0 aliphatic rings. The number of anilines is 1. The molecule has 2 aromatic carbocycles. The maximum atomic E-state index is 12.7. The molecule has 0 fully saturated rings. The lowest BCUT2D eigenvalue weighted by molar-refractivity contribution is 0.101. The van der Waals surface area contributed by atoms with E-state index in [2.05, 4.69) is 10.4 Å². The fraction of sp³-hybridized carbons (Fsp3) is 0.105. The molecule has 6 nitrogen and oxygen atoms in total. The second-order valence-corrected chi connectivity index (χ2v) is 6.50. The number of nitrogens with zero attached hydrogens (tertiary/aromatic N) is 2. The average molecular weight is 404 g/mol. The Morgan fingerprint density at radius 3 is 2.52 bits per heavy atom. The standard InChI is InChI=1S/C19H15Cl2N3O3/c1-11-5-3-4-6-15(11)24-17(25)10-16(27-2)18(23-24)19(26)22-12-7-8-13(20)14(21)9-12/h3-10H,1-2H3,(H,22,26). The number of para-hydroxylation sites is 1. The normalized spacial score (nSPS) is 10.5. The molecule has 8 heteroatoms. The molecule has 1 aromatic heterocycles. The van der Waals surface area contributed by atoms with E-state index in [-0.39, 0.29) is 11.4 Å². The Morgan fingerprint density at radius 1 is 1.11 bits per heavy atom. The first-order chi connectivity index (χ1) is 12.9. The second-order valence-electron chi connectivity index (χ2n) is 5.68. The third kappa shape index (κ3) is 3.97. The van der Waals surface area contributed by atoms with Crippen molar-refractivity contribution in [2.75, 3.05) is 12.4 Å². The van der Waals surface area contributed by atoms with E-state index in [0.717, 1.165) is 5.56 Å². The topological polar surface area (TPSA) is 73.2 Å². The quantitative estimate of drug-likeness (QED) is 0.711. The van der Waals surface area contributed by atoms with Gasteiger partial charge in [0.2, 0.25) is 0 Å². The van der Waals surface area contributed by atoms with Crippen molar-refractivity contribution in [1.29, 1.82) is 0 Å². The van der Waals surface area contributed by atoms with Crippen molar-refractivity contribution in [1.82, 2.24) is 9.78 Å². The van der Waals surface area contributed by atoms with E-state index in [1.807, 2.05) is 19.1 Å². The zero-order chi connectivity index (χ0) is 19.6. The lowest BCUT2D eigenvalue weighted by atomic mass is 10.2. The van der Waals surface area contributed by atoms with Crippen molar-refractivity contribution < 1.29 is 9.53 Å². The molecular weight excluding hydrogens is 389 g/mol. The summed E-state index contributed by atoms with van der Waals surface area (Å²) in [6.07, 6.45) is 0. The van der Waals surface area contributed by atoms with Crippen LogP contribution in [0.3, 0.4) is 0 Å². The monoisotopic (exact) mass is 403 g/mol. The third-order valence-corrected chi connectivity index (χ3v) is 4.59. The van der Waals surface area contributed by atoms with Crippen molar-refractivity contribution in [2.24, 2.45) is 0 Å². The van der Waals surface area contributed by atoms with E-state index >= 15 is 0 Å². The predicted molar refractivity (Wildman–Crippen MR) is 106 cm³/mol. The summed E-state index contributed by atoms with van der Waals surface area (Å²) in [4.78, 5) is 25.1. The van der Waals surface area contributed by atoms with Crippen LogP contribution in [0.2, 0.25) is 10.0 Å². The number of carbonyl (C=O) groups excluding carboxylic acids is 1. The summed E-state index contributed by atoms with van der Waals surface area (Å²) in [5, 5.41) is 7.57. The number of carbonyl (C=O) groups is 1. The van der Waals surface area contributed by atoms with E-state index in [1.54, 1.807) is 24.3 Å². The van der Waals surface area contributed by atoms with Crippen molar-refractivity contribution in [3.05, 3.63) is 80.2 Å². The molecule has 138 valence electrons. The first-order valence-corrected chi connectivity index (χ1v) is 8.67. The van der Waals surface area contributed by atoms with Gasteiger partial charge in [0.1, 0.15) is 0 Å². The minimum absolute atomic E-state index is 0.0357. The average Bonchev–Trinajstić information content (AvgIpc) is 2.65. The number of rotatable bonds is 4. The summed E-state index contributed by atoms with van der Waals surface area (Å²) in [7, 11) is 1.37. The fourth-order valence-electron chi connectivity index (χ4n) is 2.49. The largest absolute Gasteiger partial charge is 0.494 e. The molecule has 0 radical (unpaired) electrons. The first kappa shape index (κ1) is 18.9. The van der Waals surface area contributed by atoms with Gasteiger partial charge in [0.25, 0.3) is 11.5 Å². The Balaban J connectivity index is 2.04. The minimum atomic E-state index is -0.549. The number of hydrogen-bond donors (Lipinski definition) is 1. The van der Waals surface area contributed by atoms with Crippen LogP contribution in [0.25, 0.3) is 5.69 Å². The highest BCUT2D eigenvalue weighted by Crippen LogP contribution is 2.26. The minimum Gasteiger partial charge on any atom is -0.494 e. The molecular formula is C19H15Cl2N3O3. The van der Waals surface area contributed by atoms with Crippen molar-refractivity contribution in [3.8, 4) is 11.4 Å². The number of aryl methyl sites for hydroxylation is 1. The van der Waals surface area contributed by atoms with Gasteiger partial charge in [-0.2, -0.15) is 9.78 Å². The van der Waals surface area contributed by atoms with Crippen LogP contribution in [0, 0.1) is 6.92 Å². The van der Waals surface area contributed by atoms with Gasteiger partial charge in [-0.3, -0.25) is 9.59 Å². The summed E-state index contributed by atoms with van der Waals surface area (Å²) in [6.45, 7) is 1.85. The van der Waals surface area contributed by atoms with Crippen molar-refractivity contribution >= 4 is 34.8 Å². The number of halogens is 2. The van der Waals surface area contributed by atoms with Gasteiger partial charge in [-0.15, -0.1) is 0 Å².